The highest BCUT2D eigenvalue weighted by molar-refractivity contribution is 14.0. The lowest BCUT2D eigenvalue weighted by atomic mass is 10.1. The summed E-state index contributed by atoms with van der Waals surface area (Å²) in [6.07, 6.45) is 0.181. The molecule has 0 radical (unpaired) electrons. The van der Waals surface area contributed by atoms with E-state index in [4.69, 9.17) is 0 Å². The number of aryl methyl sites for hydroxylation is 1. The number of aliphatic hydroxyl groups is 1. The van der Waals surface area contributed by atoms with Crippen molar-refractivity contribution in [3.8, 4) is 0 Å². The van der Waals surface area contributed by atoms with Crippen molar-refractivity contribution in [2.24, 2.45) is 4.99 Å². The zero-order valence-electron chi connectivity index (χ0n) is 14.9. The van der Waals surface area contributed by atoms with Crippen molar-refractivity contribution >= 4 is 29.9 Å². The topological polar surface area (TPSA) is 56.7 Å². The molecule has 0 aliphatic heterocycles. The number of guanidine groups is 1. The van der Waals surface area contributed by atoms with Crippen LogP contribution in [0, 0.1) is 6.92 Å². The van der Waals surface area contributed by atoms with Crippen LogP contribution in [0.15, 0.2) is 59.6 Å². The second-order valence-electron chi connectivity index (χ2n) is 5.85. The van der Waals surface area contributed by atoms with Gasteiger partial charge in [-0.1, -0.05) is 54.6 Å². The molecule has 0 aliphatic carbocycles. The summed E-state index contributed by atoms with van der Waals surface area (Å²) in [5.41, 5.74) is 3.58. The zero-order chi connectivity index (χ0) is 17.2. The third-order valence-electron chi connectivity index (χ3n) is 3.83. The van der Waals surface area contributed by atoms with Gasteiger partial charge in [-0.05, 0) is 30.5 Å². The Bertz CT molecular complexity index is 646. The van der Waals surface area contributed by atoms with Crippen LogP contribution in [-0.2, 0) is 13.0 Å². The summed E-state index contributed by atoms with van der Waals surface area (Å²) in [7, 11) is 0. The molecule has 0 heterocycles. The van der Waals surface area contributed by atoms with E-state index in [-0.39, 0.29) is 24.0 Å². The van der Waals surface area contributed by atoms with Gasteiger partial charge in [-0.25, -0.2) is 4.99 Å². The average molecular weight is 453 g/mol. The summed E-state index contributed by atoms with van der Waals surface area (Å²) in [6, 6.07) is 18.3. The Morgan fingerprint density at radius 1 is 1.04 bits per heavy atom. The van der Waals surface area contributed by atoms with Crippen LogP contribution in [-0.4, -0.2) is 30.3 Å². The van der Waals surface area contributed by atoms with Crippen molar-refractivity contribution < 1.29 is 5.11 Å². The summed E-state index contributed by atoms with van der Waals surface area (Å²) >= 11 is 0. The predicted octanol–water partition coefficient (Wildman–Crippen LogP) is 3.27. The zero-order valence-corrected chi connectivity index (χ0v) is 17.2. The minimum Gasteiger partial charge on any atom is -0.391 e. The van der Waals surface area contributed by atoms with Crippen molar-refractivity contribution in [1.82, 2.24) is 10.6 Å². The lowest BCUT2D eigenvalue weighted by Gasteiger charge is -2.15. The van der Waals surface area contributed by atoms with E-state index >= 15 is 0 Å². The Balaban J connectivity index is 0.00000312. The van der Waals surface area contributed by atoms with Crippen LogP contribution in [0.2, 0.25) is 0 Å². The molecule has 0 saturated heterocycles. The number of nitrogens with one attached hydrogen (secondary N) is 2. The third kappa shape index (κ3) is 7.88. The molecule has 0 aliphatic rings. The lowest BCUT2D eigenvalue weighted by molar-refractivity contribution is 0.177. The van der Waals surface area contributed by atoms with E-state index in [1.807, 2.05) is 49.4 Å². The van der Waals surface area contributed by atoms with Crippen LogP contribution < -0.4 is 10.6 Å². The van der Waals surface area contributed by atoms with E-state index in [2.05, 4.69) is 34.7 Å². The van der Waals surface area contributed by atoms with E-state index in [0.717, 1.165) is 18.1 Å². The van der Waals surface area contributed by atoms with E-state index in [0.29, 0.717) is 19.5 Å². The Labute approximate surface area is 167 Å². The molecular formula is C20H28IN3O. The van der Waals surface area contributed by atoms with Crippen LogP contribution in [0.4, 0.5) is 0 Å². The van der Waals surface area contributed by atoms with Gasteiger partial charge in [0.15, 0.2) is 5.96 Å². The monoisotopic (exact) mass is 453 g/mol. The standard InChI is InChI=1S/C20H27N3O.HI/c1-3-21-20(22-14-18-12-8-7-9-16(18)2)23-15-19(24)13-17-10-5-4-6-11-17;/h4-12,19,24H,3,13-15H2,1-2H3,(H2,21,22,23);1H. The molecule has 136 valence electrons. The molecule has 0 bridgehead atoms. The second kappa shape index (κ2) is 11.9. The van der Waals surface area contributed by atoms with Gasteiger partial charge in [-0.2, -0.15) is 0 Å². The molecule has 2 rings (SSSR count). The average Bonchev–Trinajstić information content (AvgIpc) is 2.59. The molecule has 2 aromatic rings. The second-order valence-corrected chi connectivity index (χ2v) is 5.85. The number of benzene rings is 2. The van der Waals surface area contributed by atoms with Crippen molar-refractivity contribution in [1.29, 1.82) is 0 Å². The van der Waals surface area contributed by atoms with Crippen molar-refractivity contribution in [3.63, 3.8) is 0 Å². The summed E-state index contributed by atoms with van der Waals surface area (Å²) in [6.45, 7) is 6.00. The van der Waals surface area contributed by atoms with Gasteiger partial charge in [-0.3, -0.25) is 0 Å². The number of halogens is 1. The van der Waals surface area contributed by atoms with Gasteiger partial charge in [-0.15, -0.1) is 24.0 Å². The number of nitrogens with zero attached hydrogens (tertiary/aromatic N) is 1. The summed E-state index contributed by atoms with van der Waals surface area (Å²) in [5.74, 6) is 0.730. The summed E-state index contributed by atoms with van der Waals surface area (Å²) in [5, 5.41) is 16.6. The van der Waals surface area contributed by atoms with Crippen LogP contribution >= 0.6 is 24.0 Å². The molecule has 0 spiro atoms. The third-order valence-corrected chi connectivity index (χ3v) is 3.83. The van der Waals surface area contributed by atoms with Crippen molar-refractivity contribution in [2.75, 3.05) is 13.1 Å². The van der Waals surface area contributed by atoms with Gasteiger partial charge in [0.05, 0.1) is 12.6 Å². The van der Waals surface area contributed by atoms with Crippen molar-refractivity contribution in [2.45, 2.75) is 32.9 Å². The van der Waals surface area contributed by atoms with Crippen LogP contribution in [0.3, 0.4) is 0 Å². The largest absolute Gasteiger partial charge is 0.391 e. The van der Waals surface area contributed by atoms with Gasteiger partial charge < -0.3 is 15.7 Å². The normalized spacial score (nSPS) is 12.2. The number of aliphatic imine (C=N–C) groups is 1. The first-order chi connectivity index (χ1) is 11.7. The number of rotatable bonds is 7. The summed E-state index contributed by atoms with van der Waals surface area (Å²) < 4.78 is 0. The molecular weight excluding hydrogens is 425 g/mol. The Hall–Kier alpha value is -1.60. The molecule has 4 nitrogen and oxygen atoms in total. The lowest BCUT2D eigenvalue weighted by Crippen LogP contribution is -2.41. The van der Waals surface area contributed by atoms with Crippen LogP contribution in [0.5, 0.6) is 0 Å². The molecule has 25 heavy (non-hydrogen) atoms. The molecule has 0 saturated carbocycles. The van der Waals surface area contributed by atoms with Crippen LogP contribution in [0.1, 0.15) is 23.6 Å². The van der Waals surface area contributed by atoms with Gasteiger partial charge in [0.25, 0.3) is 0 Å². The molecule has 0 amide bonds. The SMILES string of the molecule is CCNC(=NCc1ccccc1C)NCC(O)Cc1ccccc1.I. The first-order valence-electron chi connectivity index (χ1n) is 8.47. The van der Waals surface area contributed by atoms with Gasteiger partial charge in [0.1, 0.15) is 0 Å². The number of aliphatic hydroxyl groups excluding tert-OH is 1. The number of hydrogen-bond acceptors (Lipinski definition) is 2. The molecule has 3 N–H and O–H groups in total. The van der Waals surface area contributed by atoms with Crippen LogP contribution in [0.25, 0.3) is 0 Å². The Morgan fingerprint density at radius 3 is 2.40 bits per heavy atom. The fourth-order valence-corrected chi connectivity index (χ4v) is 2.47. The molecule has 0 aromatic heterocycles. The van der Waals surface area contributed by atoms with Crippen molar-refractivity contribution in [3.05, 3.63) is 71.3 Å². The molecule has 5 heteroatoms. The van der Waals surface area contributed by atoms with E-state index in [9.17, 15) is 5.11 Å². The first-order valence-corrected chi connectivity index (χ1v) is 8.47. The minimum atomic E-state index is -0.449. The van der Waals surface area contributed by atoms with Gasteiger partial charge in [0.2, 0.25) is 0 Å². The highest BCUT2D eigenvalue weighted by Crippen LogP contribution is 2.08. The molecule has 1 atom stereocenters. The fourth-order valence-electron chi connectivity index (χ4n) is 2.47. The van der Waals surface area contributed by atoms with E-state index < -0.39 is 6.10 Å². The maximum Gasteiger partial charge on any atom is 0.191 e. The minimum absolute atomic E-state index is 0. The number of hydrogen-bond donors (Lipinski definition) is 3. The summed E-state index contributed by atoms with van der Waals surface area (Å²) in [4.78, 5) is 4.61. The fraction of sp³-hybridized carbons (Fsp3) is 0.350. The maximum atomic E-state index is 10.2. The molecule has 1 unspecified atom stereocenters. The molecule has 0 fully saturated rings. The maximum absolute atomic E-state index is 10.2. The highest BCUT2D eigenvalue weighted by atomic mass is 127. The van der Waals surface area contributed by atoms with Gasteiger partial charge in [0, 0.05) is 19.5 Å². The first kappa shape index (κ1) is 21.4. The highest BCUT2D eigenvalue weighted by Gasteiger charge is 2.07. The van der Waals surface area contributed by atoms with E-state index in [1.165, 1.54) is 11.1 Å². The Kier molecular flexibility index (Phi) is 10.2. The van der Waals surface area contributed by atoms with E-state index in [1.54, 1.807) is 0 Å². The van der Waals surface area contributed by atoms with Gasteiger partial charge >= 0.3 is 0 Å². The quantitative estimate of drug-likeness (QED) is 0.343. The Morgan fingerprint density at radius 2 is 1.72 bits per heavy atom. The smallest absolute Gasteiger partial charge is 0.191 e. The molecule has 2 aromatic carbocycles. The predicted molar refractivity (Wildman–Crippen MR) is 116 cm³/mol.